The number of amides is 3. The van der Waals surface area contributed by atoms with Gasteiger partial charge in [-0.3, -0.25) is 15.2 Å². The summed E-state index contributed by atoms with van der Waals surface area (Å²) >= 11 is 12.4. The van der Waals surface area contributed by atoms with Crippen LogP contribution in [0.5, 0.6) is 5.75 Å². The van der Waals surface area contributed by atoms with Crippen molar-refractivity contribution in [3.63, 3.8) is 0 Å². The number of carbonyl (C=O) groups is 2. The minimum Gasteiger partial charge on any atom is -0.488 e. The molecule has 13 heteroatoms. The van der Waals surface area contributed by atoms with Crippen molar-refractivity contribution >= 4 is 35.1 Å². The molecule has 1 aromatic carbocycles. The van der Waals surface area contributed by atoms with Gasteiger partial charge in [0.1, 0.15) is 30.2 Å². The molecule has 0 aliphatic rings. The van der Waals surface area contributed by atoms with Crippen LogP contribution >= 0.6 is 23.2 Å². The third-order valence-corrected chi connectivity index (χ3v) is 5.74. The first kappa shape index (κ1) is 29.0. The number of hydrazine groups is 1. The second-order valence-corrected chi connectivity index (χ2v) is 9.17. The number of hydrogen-bond donors (Lipinski definition) is 2. The van der Waals surface area contributed by atoms with Crippen LogP contribution in [-0.2, 0) is 0 Å². The van der Waals surface area contributed by atoms with E-state index in [2.05, 4.69) is 25.7 Å². The Hall–Kier alpha value is -3.57. The number of pyridine rings is 1. The monoisotopic (exact) mass is 566 g/mol. The molecule has 0 aliphatic carbocycles. The lowest BCUT2D eigenvalue weighted by Crippen LogP contribution is -2.51. The van der Waals surface area contributed by atoms with Crippen molar-refractivity contribution in [3.8, 4) is 16.9 Å². The van der Waals surface area contributed by atoms with Crippen molar-refractivity contribution in [1.29, 1.82) is 0 Å². The number of ether oxygens (including phenoxy) is 1. The Balaban J connectivity index is 1.76. The predicted octanol–water partition coefficient (Wildman–Crippen LogP) is 5.47. The van der Waals surface area contributed by atoms with Gasteiger partial charge in [-0.2, -0.15) is 0 Å². The third-order valence-electron chi connectivity index (χ3n) is 5.24. The summed E-state index contributed by atoms with van der Waals surface area (Å²) in [6.45, 7) is 6.08. The summed E-state index contributed by atoms with van der Waals surface area (Å²) in [5, 5.41) is 4.05. The highest BCUT2D eigenvalue weighted by molar-refractivity contribution is 6.36. The molecular weight excluding hydrogens is 541 g/mol. The van der Waals surface area contributed by atoms with E-state index in [1.165, 1.54) is 43.7 Å². The standard InChI is InChI=1S/C25H26Cl2F2N6O3/c1-5-35(34-24(36)17-10-30-15(4)31-11-17)25(37)33-14(3)22-21(29)6-16(9-32-22)19-7-18(26)8-20(27)23(19)38-12-13(2)28/h6-11,13-14H,5,12H2,1-4H3,(H,33,37)(H,34,36). The maximum Gasteiger partial charge on any atom is 0.336 e. The van der Waals surface area contributed by atoms with Crippen LogP contribution in [0.4, 0.5) is 13.6 Å². The summed E-state index contributed by atoms with van der Waals surface area (Å²) in [6, 6.07) is 2.59. The lowest BCUT2D eigenvalue weighted by molar-refractivity contribution is 0.0828. The van der Waals surface area contributed by atoms with Crippen LogP contribution in [0.2, 0.25) is 10.0 Å². The van der Waals surface area contributed by atoms with Crippen molar-refractivity contribution in [2.75, 3.05) is 13.2 Å². The Labute approximate surface area is 228 Å². The van der Waals surface area contributed by atoms with Crippen molar-refractivity contribution < 1.29 is 23.1 Å². The van der Waals surface area contributed by atoms with Gasteiger partial charge in [-0.05, 0) is 45.9 Å². The van der Waals surface area contributed by atoms with Gasteiger partial charge < -0.3 is 10.1 Å². The number of benzene rings is 1. The first-order valence-electron chi connectivity index (χ1n) is 11.6. The molecule has 0 saturated heterocycles. The molecule has 2 unspecified atom stereocenters. The lowest BCUT2D eigenvalue weighted by Gasteiger charge is -2.24. The van der Waals surface area contributed by atoms with Crippen molar-refractivity contribution in [2.24, 2.45) is 0 Å². The first-order valence-corrected chi connectivity index (χ1v) is 12.3. The topological polar surface area (TPSA) is 109 Å². The molecule has 3 amide bonds. The number of nitrogens with zero attached hydrogens (tertiary/aromatic N) is 4. The second-order valence-electron chi connectivity index (χ2n) is 8.32. The van der Waals surface area contributed by atoms with E-state index in [9.17, 15) is 14.0 Å². The first-order chi connectivity index (χ1) is 18.0. The molecule has 2 N–H and O–H groups in total. The lowest BCUT2D eigenvalue weighted by atomic mass is 10.0. The second kappa shape index (κ2) is 12.8. The SMILES string of the molecule is CCN(NC(=O)c1cnc(C)nc1)C(=O)NC(C)c1ncc(-c2cc(Cl)cc(Cl)c2OCC(C)F)cc1F. The van der Waals surface area contributed by atoms with Gasteiger partial charge in [0.25, 0.3) is 5.91 Å². The molecule has 3 aromatic rings. The molecule has 38 heavy (non-hydrogen) atoms. The number of carbonyl (C=O) groups excluding carboxylic acids is 2. The number of alkyl halides is 1. The molecule has 9 nitrogen and oxygen atoms in total. The zero-order chi connectivity index (χ0) is 28.0. The molecule has 3 rings (SSSR count). The van der Waals surface area contributed by atoms with E-state index in [0.717, 1.165) is 5.01 Å². The van der Waals surface area contributed by atoms with Crippen LogP contribution in [-0.4, -0.2) is 51.2 Å². The number of urea groups is 1. The van der Waals surface area contributed by atoms with Crippen LogP contribution in [0.1, 0.15) is 48.7 Å². The summed E-state index contributed by atoms with van der Waals surface area (Å²) in [4.78, 5) is 37.3. The number of hydrogen-bond acceptors (Lipinski definition) is 6. The third kappa shape index (κ3) is 7.26. The molecule has 0 aliphatic heterocycles. The van der Waals surface area contributed by atoms with Gasteiger partial charge in [0.05, 0.1) is 22.3 Å². The molecule has 0 radical (unpaired) electrons. The summed E-state index contributed by atoms with van der Waals surface area (Å²) in [6.07, 6.45) is 2.79. The number of rotatable bonds is 8. The Bertz CT molecular complexity index is 1310. The number of aromatic nitrogens is 3. The number of nitrogens with one attached hydrogen (secondary N) is 2. The molecule has 202 valence electrons. The van der Waals surface area contributed by atoms with Gasteiger partial charge in [0, 0.05) is 41.3 Å². The van der Waals surface area contributed by atoms with Crippen molar-refractivity contribution in [3.05, 3.63) is 69.7 Å². The minimum atomic E-state index is -1.26. The molecule has 0 spiro atoms. The zero-order valence-corrected chi connectivity index (χ0v) is 22.6. The van der Waals surface area contributed by atoms with Gasteiger partial charge >= 0.3 is 6.03 Å². The maximum atomic E-state index is 15.2. The van der Waals surface area contributed by atoms with Crippen molar-refractivity contribution in [2.45, 2.75) is 39.9 Å². The smallest absolute Gasteiger partial charge is 0.336 e. The molecule has 0 fully saturated rings. The average Bonchev–Trinajstić information content (AvgIpc) is 2.86. The molecule has 0 bridgehead atoms. The van der Waals surface area contributed by atoms with Crippen LogP contribution in [0.25, 0.3) is 11.1 Å². The fourth-order valence-electron chi connectivity index (χ4n) is 3.34. The van der Waals surface area contributed by atoms with Gasteiger partial charge in [0.15, 0.2) is 0 Å². The maximum absolute atomic E-state index is 15.2. The van der Waals surface area contributed by atoms with Crippen LogP contribution < -0.4 is 15.5 Å². The zero-order valence-electron chi connectivity index (χ0n) is 21.1. The van der Waals surface area contributed by atoms with Gasteiger partial charge in [-0.15, -0.1) is 0 Å². The van der Waals surface area contributed by atoms with E-state index < -0.39 is 30.0 Å². The molecule has 2 atom stereocenters. The molecule has 2 heterocycles. The summed E-state index contributed by atoms with van der Waals surface area (Å²) in [5.41, 5.74) is 3.20. The molecule has 2 aromatic heterocycles. The highest BCUT2D eigenvalue weighted by Crippen LogP contribution is 2.39. The summed E-state index contributed by atoms with van der Waals surface area (Å²) < 4.78 is 34.0. The van der Waals surface area contributed by atoms with Gasteiger partial charge in [-0.1, -0.05) is 23.2 Å². The van der Waals surface area contributed by atoms with Crippen molar-refractivity contribution in [1.82, 2.24) is 30.7 Å². The number of aryl methyl sites for hydroxylation is 1. The van der Waals surface area contributed by atoms with E-state index in [1.807, 2.05) is 0 Å². The van der Waals surface area contributed by atoms with E-state index in [4.69, 9.17) is 27.9 Å². The highest BCUT2D eigenvalue weighted by atomic mass is 35.5. The largest absolute Gasteiger partial charge is 0.488 e. The van der Waals surface area contributed by atoms with Crippen LogP contribution in [0, 0.1) is 12.7 Å². The van der Waals surface area contributed by atoms with Gasteiger partial charge in [-0.25, -0.2) is 28.6 Å². The molecular formula is C25H26Cl2F2N6O3. The van der Waals surface area contributed by atoms with Crippen LogP contribution in [0.15, 0.2) is 36.8 Å². The van der Waals surface area contributed by atoms with E-state index in [-0.39, 0.29) is 40.2 Å². The Morgan fingerprint density at radius 2 is 1.79 bits per heavy atom. The Kier molecular flexibility index (Phi) is 9.76. The normalized spacial score (nSPS) is 12.4. The average molecular weight is 567 g/mol. The van der Waals surface area contributed by atoms with E-state index in [0.29, 0.717) is 17.0 Å². The van der Waals surface area contributed by atoms with E-state index >= 15 is 4.39 Å². The number of halogens is 4. The predicted molar refractivity (Wildman–Crippen MR) is 139 cm³/mol. The van der Waals surface area contributed by atoms with Gasteiger partial charge in [0.2, 0.25) is 0 Å². The fraction of sp³-hybridized carbons (Fsp3) is 0.320. The van der Waals surface area contributed by atoms with Crippen LogP contribution in [0.3, 0.4) is 0 Å². The van der Waals surface area contributed by atoms with E-state index in [1.54, 1.807) is 20.8 Å². The summed E-state index contributed by atoms with van der Waals surface area (Å²) in [7, 11) is 0. The minimum absolute atomic E-state index is 0.0515. The Morgan fingerprint density at radius 3 is 2.39 bits per heavy atom. The molecule has 0 saturated carbocycles. The quantitative estimate of drug-likeness (QED) is 0.350. The fourth-order valence-corrected chi connectivity index (χ4v) is 3.88. The highest BCUT2D eigenvalue weighted by Gasteiger charge is 2.22. The Morgan fingerprint density at radius 1 is 1.11 bits per heavy atom. The summed E-state index contributed by atoms with van der Waals surface area (Å²) in [5.74, 6) is -0.662.